The summed E-state index contributed by atoms with van der Waals surface area (Å²) in [6.45, 7) is 1.54. The normalized spacial score (nSPS) is 20.3. The van der Waals surface area contributed by atoms with Gasteiger partial charge in [-0.1, -0.05) is 23.2 Å². The summed E-state index contributed by atoms with van der Waals surface area (Å²) in [4.78, 5) is 12.9. The Labute approximate surface area is 184 Å². The second-order valence-corrected chi connectivity index (χ2v) is 10.00. The molecule has 0 bridgehead atoms. The van der Waals surface area contributed by atoms with Gasteiger partial charge in [-0.15, -0.1) is 0 Å². The quantitative estimate of drug-likeness (QED) is 0.714. The van der Waals surface area contributed by atoms with Gasteiger partial charge in [0.25, 0.3) is 5.91 Å². The number of nitrogens with one attached hydrogen (secondary N) is 1. The van der Waals surface area contributed by atoms with E-state index in [0.717, 1.165) is 6.42 Å². The Balaban J connectivity index is 1.55. The van der Waals surface area contributed by atoms with E-state index in [2.05, 4.69) is 5.32 Å². The van der Waals surface area contributed by atoms with E-state index in [9.17, 15) is 13.2 Å². The minimum Gasteiger partial charge on any atom is -0.488 e. The lowest BCUT2D eigenvalue weighted by atomic mass is 10.1. The smallest absolute Gasteiger partial charge is 0.257 e. The van der Waals surface area contributed by atoms with Crippen LogP contribution in [0.25, 0.3) is 0 Å². The fourth-order valence-corrected chi connectivity index (χ4v) is 5.46. The highest BCUT2D eigenvalue weighted by atomic mass is 35.5. The summed E-state index contributed by atoms with van der Waals surface area (Å²) < 4.78 is 36.8. The van der Waals surface area contributed by atoms with E-state index in [0.29, 0.717) is 48.3 Å². The molecule has 10 heteroatoms. The Hall–Kier alpha value is -2.00. The highest BCUT2D eigenvalue weighted by Crippen LogP contribution is 2.30. The fourth-order valence-electron chi connectivity index (χ4n) is 3.47. The topological polar surface area (TPSA) is 84.9 Å². The van der Waals surface area contributed by atoms with Gasteiger partial charge in [0.2, 0.25) is 10.0 Å². The summed E-state index contributed by atoms with van der Waals surface area (Å²) in [5.74, 6) is 0.140. The molecule has 2 aromatic rings. The number of carbonyl (C=O) groups is 1. The van der Waals surface area contributed by atoms with Gasteiger partial charge in [0.15, 0.2) is 0 Å². The molecule has 1 atom stereocenters. The number of hydrogen-bond donors (Lipinski definition) is 1. The van der Waals surface area contributed by atoms with E-state index < -0.39 is 15.9 Å². The molecule has 2 aliphatic rings. The van der Waals surface area contributed by atoms with Gasteiger partial charge in [0.1, 0.15) is 11.9 Å². The van der Waals surface area contributed by atoms with Gasteiger partial charge in [-0.25, -0.2) is 8.42 Å². The first-order valence-corrected chi connectivity index (χ1v) is 11.8. The number of amides is 1. The maximum Gasteiger partial charge on any atom is 0.257 e. The van der Waals surface area contributed by atoms with Crippen molar-refractivity contribution >= 4 is 50.5 Å². The highest BCUT2D eigenvalue weighted by Gasteiger charge is 2.29. The minimum atomic E-state index is -3.36. The minimum absolute atomic E-state index is 0.0550. The molecular formula is C20H20Cl2N2O5S. The zero-order valence-electron chi connectivity index (χ0n) is 15.9. The maximum absolute atomic E-state index is 12.9. The van der Waals surface area contributed by atoms with Crippen molar-refractivity contribution in [2.75, 3.05) is 35.1 Å². The molecule has 30 heavy (non-hydrogen) atoms. The second kappa shape index (κ2) is 8.63. The molecule has 2 heterocycles. The average Bonchev–Trinajstić information content (AvgIpc) is 3.30. The van der Waals surface area contributed by atoms with Gasteiger partial charge in [0.05, 0.1) is 35.2 Å². The van der Waals surface area contributed by atoms with Crippen LogP contribution in [0.2, 0.25) is 10.0 Å². The molecule has 0 spiro atoms. The van der Waals surface area contributed by atoms with Gasteiger partial charge < -0.3 is 14.8 Å². The molecule has 1 N–H and O–H groups in total. The first kappa shape index (κ1) is 21.2. The Kier molecular flexibility index (Phi) is 6.11. The van der Waals surface area contributed by atoms with Crippen molar-refractivity contribution in [1.82, 2.24) is 0 Å². The Bertz CT molecular complexity index is 1070. The van der Waals surface area contributed by atoms with E-state index in [-0.39, 0.29) is 22.4 Å². The van der Waals surface area contributed by atoms with Gasteiger partial charge in [-0.05, 0) is 36.8 Å². The number of anilines is 2. The predicted octanol–water partition coefficient (Wildman–Crippen LogP) is 3.95. The van der Waals surface area contributed by atoms with E-state index >= 15 is 0 Å². The molecule has 1 amide bonds. The summed E-state index contributed by atoms with van der Waals surface area (Å²) in [5, 5.41) is 3.38. The molecule has 2 aromatic carbocycles. The number of nitrogens with zero attached hydrogens (tertiary/aromatic N) is 1. The number of benzene rings is 2. The van der Waals surface area contributed by atoms with Crippen LogP contribution in [-0.4, -0.2) is 45.9 Å². The molecule has 4 rings (SSSR count). The van der Waals surface area contributed by atoms with Crippen molar-refractivity contribution in [2.45, 2.75) is 18.9 Å². The second-order valence-electron chi connectivity index (χ2n) is 7.14. The van der Waals surface area contributed by atoms with Crippen molar-refractivity contribution in [3.63, 3.8) is 0 Å². The van der Waals surface area contributed by atoms with E-state index in [1.807, 2.05) is 0 Å². The summed E-state index contributed by atoms with van der Waals surface area (Å²) in [6, 6.07) is 9.54. The SMILES string of the molecule is O=C(Nc1cc(Cl)cc(OC2CCOC2)c1)c1cc(N2CCCS2(=O)=O)ccc1Cl. The lowest BCUT2D eigenvalue weighted by molar-refractivity contribution is 0.102. The third kappa shape index (κ3) is 4.67. The van der Waals surface area contributed by atoms with Crippen molar-refractivity contribution in [3.8, 4) is 5.75 Å². The van der Waals surface area contributed by atoms with Crippen LogP contribution in [0.3, 0.4) is 0 Å². The molecule has 0 aromatic heterocycles. The van der Waals surface area contributed by atoms with E-state index in [1.165, 1.54) is 16.4 Å². The van der Waals surface area contributed by atoms with Crippen molar-refractivity contribution in [1.29, 1.82) is 0 Å². The van der Waals surface area contributed by atoms with Crippen LogP contribution < -0.4 is 14.4 Å². The van der Waals surface area contributed by atoms with E-state index in [1.54, 1.807) is 24.3 Å². The molecule has 2 fully saturated rings. The number of ether oxygens (including phenoxy) is 2. The molecule has 2 saturated heterocycles. The van der Waals surface area contributed by atoms with Crippen LogP contribution in [0.5, 0.6) is 5.75 Å². The zero-order chi connectivity index (χ0) is 21.3. The number of sulfonamides is 1. The molecular weight excluding hydrogens is 451 g/mol. The summed E-state index contributed by atoms with van der Waals surface area (Å²) >= 11 is 12.4. The first-order chi connectivity index (χ1) is 14.3. The van der Waals surface area contributed by atoms with Gasteiger partial charge in [-0.3, -0.25) is 9.10 Å². The molecule has 0 saturated carbocycles. The predicted molar refractivity (Wildman–Crippen MR) is 116 cm³/mol. The summed E-state index contributed by atoms with van der Waals surface area (Å²) in [7, 11) is -3.36. The maximum atomic E-state index is 12.9. The third-order valence-corrected chi connectivity index (χ3v) is 7.32. The van der Waals surface area contributed by atoms with Crippen molar-refractivity contribution in [3.05, 3.63) is 52.0 Å². The molecule has 0 aliphatic carbocycles. The van der Waals surface area contributed by atoms with Crippen LogP contribution in [-0.2, 0) is 14.8 Å². The monoisotopic (exact) mass is 470 g/mol. The average molecular weight is 471 g/mol. The van der Waals surface area contributed by atoms with Gasteiger partial charge in [0, 0.05) is 29.7 Å². The largest absolute Gasteiger partial charge is 0.488 e. The van der Waals surface area contributed by atoms with Crippen molar-refractivity contribution in [2.24, 2.45) is 0 Å². The molecule has 0 radical (unpaired) electrons. The molecule has 160 valence electrons. The van der Waals surface area contributed by atoms with Crippen LogP contribution in [0.1, 0.15) is 23.2 Å². The lowest BCUT2D eigenvalue weighted by Crippen LogP contribution is -2.25. The Morgan fingerprint density at radius 2 is 2.03 bits per heavy atom. The molecule has 1 unspecified atom stereocenters. The van der Waals surface area contributed by atoms with Gasteiger partial charge >= 0.3 is 0 Å². The lowest BCUT2D eigenvalue weighted by Gasteiger charge is -2.18. The van der Waals surface area contributed by atoms with Crippen LogP contribution in [0, 0.1) is 0 Å². The standard InChI is InChI=1S/C20H20Cl2N2O5S/c21-13-8-14(10-17(9-13)29-16-4-6-28-12-16)23-20(25)18-11-15(2-3-19(18)22)24-5-1-7-30(24,26)27/h2-3,8-11,16H,1,4-7,12H2,(H,23,25). The van der Waals surface area contributed by atoms with Crippen LogP contribution in [0.15, 0.2) is 36.4 Å². The summed E-state index contributed by atoms with van der Waals surface area (Å²) in [5.41, 5.74) is 1.03. The molecule has 7 nitrogen and oxygen atoms in total. The van der Waals surface area contributed by atoms with Crippen molar-refractivity contribution < 1.29 is 22.7 Å². The highest BCUT2D eigenvalue weighted by molar-refractivity contribution is 7.93. The first-order valence-electron chi connectivity index (χ1n) is 9.48. The van der Waals surface area contributed by atoms with E-state index in [4.69, 9.17) is 32.7 Å². The Morgan fingerprint density at radius 3 is 2.73 bits per heavy atom. The molecule has 2 aliphatic heterocycles. The number of hydrogen-bond acceptors (Lipinski definition) is 5. The van der Waals surface area contributed by atoms with Crippen LogP contribution >= 0.6 is 23.2 Å². The summed E-state index contributed by atoms with van der Waals surface area (Å²) in [6.07, 6.45) is 1.28. The third-order valence-electron chi connectivity index (χ3n) is 4.90. The van der Waals surface area contributed by atoms with Crippen LogP contribution in [0.4, 0.5) is 11.4 Å². The number of halogens is 2. The zero-order valence-corrected chi connectivity index (χ0v) is 18.3. The number of carbonyl (C=O) groups excluding carboxylic acids is 1. The van der Waals surface area contributed by atoms with Gasteiger partial charge in [-0.2, -0.15) is 0 Å². The number of rotatable bonds is 5. The fraction of sp³-hybridized carbons (Fsp3) is 0.350. The Morgan fingerprint density at radius 1 is 1.20 bits per heavy atom.